The summed E-state index contributed by atoms with van der Waals surface area (Å²) in [6.07, 6.45) is 3.24. The summed E-state index contributed by atoms with van der Waals surface area (Å²) in [7, 11) is 1.44. The molecule has 6 heteroatoms. The third kappa shape index (κ3) is 2.75. The Balaban J connectivity index is 2.03. The van der Waals surface area contributed by atoms with Gasteiger partial charge in [-0.15, -0.1) is 0 Å². The van der Waals surface area contributed by atoms with Gasteiger partial charge in [-0.3, -0.25) is 4.79 Å². The van der Waals surface area contributed by atoms with Crippen molar-refractivity contribution in [1.82, 2.24) is 4.98 Å². The molecule has 18 heavy (non-hydrogen) atoms. The quantitative estimate of drug-likeness (QED) is 0.843. The number of carbonyl (C=O) groups is 1. The van der Waals surface area contributed by atoms with Crippen molar-refractivity contribution in [3.8, 4) is 0 Å². The van der Waals surface area contributed by atoms with Crippen molar-refractivity contribution < 1.29 is 9.53 Å². The summed E-state index contributed by atoms with van der Waals surface area (Å²) in [5.41, 5.74) is 6.30. The van der Waals surface area contributed by atoms with Gasteiger partial charge in [-0.05, 0) is 34.8 Å². The van der Waals surface area contributed by atoms with Gasteiger partial charge >= 0.3 is 5.97 Å². The summed E-state index contributed by atoms with van der Waals surface area (Å²) in [4.78, 5) is 17.9. The number of rotatable bonds is 2. The van der Waals surface area contributed by atoms with Gasteiger partial charge in [0.1, 0.15) is 5.82 Å². The maximum Gasteiger partial charge on any atom is 0.308 e. The van der Waals surface area contributed by atoms with E-state index in [-0.39, 0.29) is 11.9 Å². The third-order valence-corrected chi connectivity index (χ3v) is 3.76. The molecule has 0 atom stereocenters. The number of aromatic nitrogens is 1. The lowest BCUT2D eigenvalue weighted by molar-refractivity contribution is -0.146. The van der Waals surface area contributed by atoms with E-state index in [0.29, 0.717) is 5.69 Å². The first-order chi connectivity index (χ1) is 8.61. The van der Waals surface area contributed by atoms with Crippen molar-refractivity contribution in [2.24, 2.45) is 5.92 Å². The fourth-order valence-electron chi connectivity index (χ4n) is 2.17. The van der Waals surface area contributed by atoms with E-state index in [2.05, 4.69) is 25.8 Å². The van der Waals surface area contributed by atoms with E-state index in [1.165, 1.54) is 7.11 Å². The second kappa shape index (κ2) is 5.56. The molecular weight excluding hydrogens is 298 g/mol. The number of hydrogen-bond donors (Lipinski definition) is 1. The predicted octanol–water partition coefficient (Wildman–Crippen LogP) is 1.82. The Bertz CT molecular complexity index is 445. The molecule has 1 fully saturated rings. The lowest BCUT2D eigenvalue weighted by Gasteiger charge is -2.32. The third-order valence-electron chi connectivity index (χ3n) is 3.17. The standard InChI is InChI=1S/C12H16BrN3O2/c1-18-12(17)8-2-4-16(5-3-8)11-10(13)6-9(14)7-15-11/h6-8H,2-5,14H2,1H3. The zero-order valence-electron chi connectivity index (χ0n) is 10.2. The fourth-order valence-corrected chi connectivity index (χ4v) is 2.79. The minimum Gasteiger partial charge on any atom is -0.469 e. The van der Waals surface area contributed by atoms with Gasteiger partial charge in [0.25, 0.3) is 0 Å². The van der Waals surface area contributed by atoms with Crippen LogP contribution in [0.1, 0.15) is 12.8 Å². The molecule has 0 unspecified atom stereocenters. The van der Waals surface area contributed by atoms with Crippen LogP contribution in [-0.2, 0) is 9.53 Å². The number of ether oxygens (including phenoxy) is 1. The van der Waals surface area contributed by atoms with Crippen LogP contribution >= 0.6 is 15.9 Å². The summed E-state index contributed by atoms with van der Waals surface area (Å²) in [5.74, 6) is 0.783. The summed E-state index contributed by atoms with van der Waals surface area (Å²) in [6, 6.07) is 1.84. The number of esters is 1. The van der Waals surface area contributed by atoms with Crippen LogP contribution in [0.2, 0.25) is 0 Å². The zero-order chi connectivity index (χ0) is 13.1. The lowest BCUT2D eigenvalue weighted by Crippen LogP contribution is -2.37. The molecule has 98 valence electrons. The van der Waals surface area contributed by atoms with E-state index < -0.39 is 0 Å². The largest absolute Gasteiger partial charge is 0.469 e. The van der Waals surface area contributed by atoms with E-state index in [1.807, 2.05) is 6.07 Å². The highest BCUT2D eigenvalue weighted by Crippen LogP contribution is 2.29. The second-order valence-corrected chi connectivity index (χ2v) is 5.21. The Morgan fingerprint density at radius 1 is 1.56 bits per heavy atom. The Hall–Kier alpha value is -1.30. The van der Waals surface area contributed by atoms with E-state index in [4.69, 9.17) is 10.5 Å². The van der Waals surface area contributed by atoms with Crippen LogP contribution in [0, 0.1) is 5.92 Å². The van der Waals surface area contributed by atoms with Gasteiger partial charge in [0, 0.05) is 13.1 Å². The number of piperidine rings is 1. The van der Waals surface area contributed by atoms with Crippen molar-refractivity contribution in [3.63, 3.8) is 0 Å². The van der Waals surface area contributed by atoms with E-state index in [1.54, 1.807) is 6.20 Å². The van der Waals surface area contributed by atoms with Gasteiger partial charge in [0.15, 0.2) is 0 Å². The highest BCUT2D eigenvalue weighted by Gasteiger charge is 2.26. The Morgan fingerprint density at radius 3 is 2.78 bits per heavy atom. The van der Waals surface area contributed by atoms with Gasteiger partial charge in [-0.1, -0.05) is 0 Å². The number of hydrogen-bond acceptors (Lipinski definition) is 5. The first-order valence-corrected chi connectivity index (χ1v) is 6.65. The smallest absolute Gasteiger partial charge is 0.308 e. The molecule has 2 heterocycles. The summed E-state index contributed by atoms with van der Waals surface area (Å²) in [6.45, 7) is 1.60. The topological polar surface area (TPSA) is 68.5 Å². The second-order valence-electron chi connectivity index (χ2n) is 4.36. The first-order valence-electron chi connectivity index (χ1n) is 5.85. The molecule has 5 nitrogen and oxygen atoms in total. The zero-order valence-corrected chi connectivity index (χ0v) is 11.8. The molecule has 0 saturated carbocycles. The Labute approximate surface area is 114 Å². The molecular formula is C12H16BrN3O2. The molecule has 0 amide bonds. The van der Waals surface area contributed by atoms with Gasteiger partial charge in [-0.2, -0.15) is 0 Å². The fraction of sp³-hybridized carbons (Fsp3) is 0.500. The maximum absolute atomic E-state index is 11.4. The lowest BCUT2D eigenvalue weighted by atomic mass is 9.97. The summed E-state index contributed by atoms with van der Waals surface area (Å²) in [5, 5.41) is 0. The number of carbonyl (C=O) groups excluding carboxylic acids is 1. The van der Waals surface area contributed by atoms with Crippen LogP contribution in [0.4, 0.5) is 11.5 Å². The van der Waals surface area contributed by atoms with Crippen LogP contribution in [0.3, 0.4) is 0 Å². The molecule has 1 aliphatic rings. The van der Waals surface area contributed by atoms with Crippen molar-refractivity contribution in [3.05, 3.63) is 16.7 Å². The van der Waals surface area contributed by atoms with Gasteiger partial charge < -0.3 is 15.4 Å². The predicted molar refractivity (Wildman–Crippen MR) is 73.3 cm³/mol. The number of nitrogens with two attached hydrogens (primary N) is 1. The average molecular weight is 314 g/mol. The maximum atomic E-state index is 11.4. The van der Waals surface area contributed by atoms with Crippen LogP contribution in [0.15, 0.2) is 16.7 Å². The highest BCUT2D eigenvalue weighted by molar-refractivity contribution is 9.10. The molecule has 0 aliphatic carbocycles. The molecule has 1 aromatic heterocycles. The van der Waals surface area contributed by atoms with E-state index in [0.717, 1.165) is 36.2 Å². The molecule has 1 aliphatic heterocycles. The molecule has 1 saturated heterocycles. The van der Waals surface area contributed by atoms with Crippen LogP contribution < -0.4 is 10.6 Å². The normalized spacial score (nSPS) is 16.7. The average Bonchev–Trinajstić information content (AvgIpc) is 2.38. The molecule has 2 N–H and O–H groups in total. The van der Waals surface area contributed by atoms with Gasteiger partial charge in [0.2, 0.25) is 0 Å². The summed E-state index contributed by atoms with van der Waals surface area (Å²) < 4.78 is 5.66. The van der Waals surface area contributed by atoms with Crippen LogP contribution in [0.5, 0.6) is 0 Å². The van der Waals surface area contributed by atoms with Gasteiger partial charge in [-0.25, -0.2) is 4.98 Å². The number of pyridine rings is 1. The van der Waals surface area contributed by atoms with Gasteiger partial charge in [0.05, 0.1) is 29.4 Å². The monoisotopic (exact) mass is 313 g/mol. The number of anilines is 2. The minimum atomic E-state index is -0.112. The SMILES string of the molecule is COC(=O)C1CCN(c2ncc(N)cc2Br)CC1. The minimum absolute atomic E-state index is 0.0128. The van der Waals surface area contributed by atoms with Crippen molar-refractivity contribution in [1.29, 1.82) is 0 Å². The molecule has 0 aromatic carbocycles. The molecule has 0 spiro atoms. The van der Waals surface area contributed by atoms with Crippen molar-refractivity contribution >= 4 is 33.4 Å². The Morgan fingerprint density at radius 2 is 2.22 bits per heavy atom. The first kappa shape index (κ1) is 13.1. The number of nitrogen functional groups attached to an aromatic ring is 1. The van der Waals surface area contributed by atoms with E-state index in [9.17, 15) is 4.79 Å². The molecule has 0 bridgehead atoms. The van der Waals surface area contributed by atoms with Crippen LogP contribution in [-0.4, -0.2) is 31.2 Å². The van der Waals surface area contributed by atoms with Crippen LogP contribution in [0.25, 0.3) is 0 Å². The van der Waals surface area contributed by atoms with Crippen molar-refractivity contribution in [2.45, 2.75) is 12.8 Å². The van der Waals surface area contributed by atoms with E-state index >= 15 is 0 Å². The molecule has 2 rings (SSSR count). The molecule has 1 aromatic rings. The molecule has 0 radical (unpaired) electrons. The number of halogens is 1. The summed E-state index contributed by atoms with van der Waals surface area (Å²) >= 11 is 3.46. The Kier molecular flexibility index (Phi) is 4.06. The highest BCUT2D eigenvalue weighted by atomic mass is 79.9. The van der Waals surface area contributed by atoms with Crippen molar-refractivity contribution in [2.75, 3.05) is 30.8 Å². The number of methoxy groups -OCH3 is 1. The number of nitrogens with zero attached hydrogens (tertiary/aromatic N) is 2.